The van der Waals surface area contributed by atoms with Crippen LogP contribution in [-0.2, 0) is 13.5 Å². The third-order valence-corrected chi connectivity index (χ3v) is 5.66. The fourth-order valence-electron chi connectivity index (χ4n) is 3.50. The molecule has 0 N–H and O–H groups in total. The van der Waals surface area contributed by atoms with E-state index in [0.29, 0.717) is 5.69 Å². The Kier molecular flexibility index (Phi) is 4.84. The Bertz CT molecular complexity index is 886. The molecule has 1 saturated heterocycles. The Balaban J connectivity index is 1.52. The first kappa shape index (κ1) is 17.0. The summed E-state index contributed by atoms with van der Waals surface area (Å²) in [5.41, 5.74) is 2.74. The van der Waals surface area contributed by atoms with Gasteiger partial charge in [0.25, 0.3) is 5.91 Å². The minimum atomic E-state index is 0.0240. The van der Waals surface area contributed by atoms with Crippen molar-refractivity contribution in [3.05, 3.63) is 69.9 Å². The van der Waals surface area contributed by atoms with Gasteiger partial charge in [0.2, 0.25) is 0 Å². The molecule has 0 unspecified atom stereocenters. The molecule has 3 heterocycles. The first-order valence-corrected chi connectivity index (χ1v) is 9.87. The lowest BCUT2D eigenvalue weighted by atomic mass is 9.99. The standard InChI is InChI=1S/C20H22N4OS/c1-23-12-10-16(22-23)18-9-5-6-11-24(18)20(25)17-14-26-19(21-17)13-15-7-3-2-4-8-15/h2-4,7-8,10,12,14,18H,5-6,9,11,13H2,1H3/t18-/m0/s1. The van der Waals surface area contributed by atoms with Crippen molar-refractivity contribution in [1.82, 2.24) is 19.7 Å². The first-order valence-electron chi connectivity index (χ1n) is 8.99. The molecule has 1 aliphatic rings. The molecule has 2 aromatic heterocycles. The van der Waals surface area contributed by atoms with E-state index in [9.17, 15) is 4.79 Å². The van der Waals surface area contributed by atoms with Gasteiger partial charge in [0.15, 0.2) is 0 Å². The molecule has 6 heteroatoms. The Morgan fingerprint density at radius 1 is 1.23 bits per heavy atom. The highest BCUT2D eigenvalue weighted by Crippen LogP contribution is 2.31. The van der Waals surface area contributed by atoms with Crippen LogP contribution in [-0.4, -0.2) is 32.1 Å². The van der Waals surface area contributed by atoms with Crippen molar-refractivity contribution in [2.24, 2.45) is 7.05 Å². The van der Waals surface area contributed by atoms with Crippen molar-refractivity contribution in [3.63, 3.8) is 0 Å². The number of carbonyl (C=O) groups excluding carboxylic acids is 1. The van der Waals surface area contributed by atoms with E-state index in [1.807, 2.05) is 47.8 Å². The van der Waals surface area contributed by atoms with Crippen LogP contribution in [0.1, 0.15) is 52.1 Å². The van der Waals surface area contributed by atoms with E-state index in [1.54, 1.807) is 16.0 Å². The van der Waals surface area contributed by atoms with E-state index < -0.39 is 0 Å². The summed E-state index contributed by atoms with van der Waals surface area (Å²) in [6.07, 6.45) is 5.83. The fourth-order valence-corrected chi connectivity index (χ4v) is 4.30. The molecule has 1 fully saturated rings. The van der Waals surface area contributed by atoms with E-state index in [2.05, 4.69) is 22.2 Å². The Labute approximate surface area is 157 Å². The zero-order valence-corrected chi connectivity index (χ0v) is 15.7. The Morgan fingerprint density at radius 3 is 2.85 bits per heavy atom. The van der Waals surface area contributed by atoms with Crippen molar-refractivity contribution in [2.45, 2.75) is 31.7 Å². The van der Waals surface area contributed by atoms with Gasteiger partial charge in [-0.3, -0.25) is 9.48 Å². The smallest absolute Gasteiger partial charge is 0.273 e. The summed E-state index contributed by atoms with van der Waals surface area (Å²) in [6.45, 7) is 0.769. The van der Waals surface area contributed by atoms with E-state index in [0.717, 1.165) is 42.9 Å². The number of likely N-dealkylation sites (tertiary alicyclic amines) is 1. The molecule has 5 nitrogen and oxygen atoms in total. The van der Waals surface area contributed by atoms with Gasteiger partial charge in [0.05, 0.1) is 16.7 Å². The average molecular weight is 366 g/mol. The summed E-state index contributed by atoms with van der Waals surface area (Å²) >= 11 is 1.56. The van der Waals surface area contributed by atoms with E-state index in [-0.39, 0.29) is 11.9 Å². The number of amides is 1. The number of nitrogens with zero attached hydrogens (tertiary/aromatic N) is 4. The number of aryl methyl sites for hydroxylation is 1. The number of piperidine rings is 1. The molecule has 134 valence electrons. The van der Waals surface area contributed by atoms with Crippen LogP contribution >= 0.6 is 11.3 Å². The molecular formula is C20H22N4OS. The normalized spacial score (nSPS) is 17.4. The molecule has 26 heavy (non-hydrogen) atoms. The van der Waals surface area contributed by atoms with Crippen LogP contribution in [0.25, 0.3) is 0 Å². The van der Waals surface area contributed by atoms with Gasteiger partial charge in [0.1, 0.15) is 5.69 Å². The highest BCUT2D eigenvalue weighted by molar-refractivity contribution is 7.09. The zero-order valence-electron chi connectivity index (χ0n) is 14.8. The Hall–Kier alpha value is -2.47. The molecular weight excluding hydrogens is 344 g/mol. The zero-order chi connectivity index (χ0) is 17.9. The van der Waals surface area contributed by atoms with Gasteiger partial charge in [-0.05, 0) is 30.9 Å². The molecule has 3 aromatic rings. The van der Waals surface area contributed by atoms with Crippen LogP contribution in [0, 0.1) is 0 Å². The molecule has 0 radical (unpaired) electrons. The maximum absolute atomic E-state index is 13.1. The highest BCUT2D eigenvalue weighted by atomic mass is 32.1. The summed E-state index contributed by atoms with van der Waals surface area (Å²) in [5, 5.41) is 7.40. The lowest BCUT2D eigenvalue weighted by molar-refractivity contribution is 0.0600. The molecule has 0 saturated carbocycles. The molecule has 0 spiro atoms. The number of aromatic nitrogens is 3. The van der Waals surface area contributed by atoms with Crippen molar-refractivity contribution < 1.29 is 4.79 Å². The third kappa shape index (κ3) is 3.55. The third-order valence-electron chi connectivity index (χ3n) is 4.81. The topological polar surface area (TPSA) is 51.0 Å². The van der Waals surface area contributed by atoms with E-state index in [1.165, 1.54) is 5.56 Å². The molecule has 0 aliphatic carbocycles. The van der Waals surface area contributed by atoms with Gasteiger partial charge >= 0.3 is 0 Å². The quantitative estimate of drug-likeness (QED) is 0.705. The first-order chi connectivity index (χ1) is 12.7. The van der Waals surface area contributed by atoms with Crippen molar-refractivity contribution >= 4 is 17.2 Å². The molecule has 1 aromatic carbocycles. The number of benzene rings is 1. The second kappa shape index (κ2) is 7.41. The fraction of sp³-hybridized carbons (Fsp3) is 0.350. The van der Waals surface area contributed by atoms with Crippen molar-refractivity contribution in [3.8, 4) is 0 Å². The summed E-state index contributed by atoms with van der Waals surface area (Å²) in [7, 11) is 1.91. The number of rotatable bonds is 4. The molecule has 1 aliphatic heterocycles. The maximum Gasteiger partial charge on any atom is 0.273 e. The number of thiazole rings is 1. The molecule has 0 bridgehead atoms. The predicted molar refractivity (Wildman–Crippen MR) is 102 cm³/mol. The van der Waals surface area contributed by atoms with Crippen LogP contribution in [0.15, 0.2) is 48.0 Å². The van der Waals surface area contributed by atoms with Gasteiger partial charge in [-0.25, -0.2) is 4.98 Å². The van der Waals surface area contributed by atoms with Gasteiger partial charge in [-0.2, -0.15) is 5.10 Å². The molecule has 4 rings (SSSR count). The minimum Gasteiger partial charge on any atom is -0.329 e. The number of hydrogen-bond acceptors (Lipinski definition) is 4. The number of carbonyl (C=O) groups is 1. The monoisotopic (exact) mass is 366 g/mol. The van der Waals surface area contributed by atoms with E-state index in [4.69, 9.17) is 0 Å². The van der Waals surface area contributed by atoms with Crippen molar-refractivity contribution in [2.75, 3.05) is 6.54 Å². The highest BCUT2D eigenvalue weighted by Gasteiger charge is 2.31. The van der Waals surface area contributed by atoms with Crippen LogP contribution in [0.5, 0.6) is 0 Å². The maximum atomic E-state index is 13.1. The van der Waals surface area contributed by atoms with Gasteiger partial charge in [-0.15, -0.1) is 11.3 Å². The van der Waals surface area contributed by atoms with Gasteiger partial charge in [-0.1, -0.05) is 30.3 Å². The van der Waals surface area contributed by atoms with Crippen LogP contribution in [0.2, 0.25) is 0 Å². The second-order valence-electron chi connectivity index (χ2n) is 6.71. The average Bonchev–Trinajstić information content (AvgIpc) is 3.31. The van der Waals surface area contributed by atoms with Crippen LogP contribution in [0.4, 0.5) is 0 Å². The predicted octanol–water partition coefficient (Wildman–Crippen LogP) is 3.83. The van der Waals surface area contributed by atoms with Crippen LogP contribution in [0.3, 0.4) is 0 Å². The SMILES string of the molecule is Cn1ccc([C@@H]2CCCCN2C(=O)c2csc(Cc3ccccc3)n2)n1. The lowest BCUT2D eigenvalue weighted by Crippen LogP contribution is -2.39. The van der Waals surface area contributed by atoms with E-state index >= 15 is 0 Å². The molecule has 1 amide bonds. The van der Waals surface area contributed by atoms with Gasteiger partial charge < -0.3 is 4.90 Å². The summed E-state index contributed by atoms with van der Waals surface area (Å²) in [5.74, 6) is 0.0240. The van der Waals surface area contributed by atoms with Crippen molar-refractivity contribution in [1.29, 1.82) is 0 Å². The van der Waals surface area contributed by atoms with Gasteiger partial charge in [0, 0.05) is 31.6 Å². The summed E-state index contributed by atoms with van der Waals surface area (Å²) in [6, 6.07) is 12.3. The van der Waals surface area contributed by atoms with Crippen LogP contribution < -0.4 is 0 Å². The summed E-state index contributed by atoms with van der Waals surface area (Å²) in [4.78, 5) is 19.7. The lowest BCUT2D eigenvalue weighted by Gasteiger charge is -2.34. The minimum absolute atomic E-state index is 0.0240. The summed E-state index contributed by atoms with van der Waals surface area (Å²) < 4.78 is 1.80. The number of hydrogen-bond donors (Lipinski definition) is 0. The molecule has 1 atom stereocenters. The second-order valence-corrected chi connectivity index (χ2v) is 7.66. The Morgan fingerprint density at radius 2 is 2.08 bits per heavy atom. The largest absolute Gasteiger partial charge is 0.329 e.